The van der Waals surface area contributed by atoms with Crippen LogP contribution in [0, 0.1) is 47.3 Å². The molecular weight excluding hydrogens is 640 g/mol. The predicted molar refractivity (Wildman–Crippen MR) is 179 cm³/mol. The molecule has 10 nitrogen and oxygen atoms in total. The van der Waals surface area contributed by atoms with E-state index in [1.165, 1.54) is 0 Å². The van der Waals surface area contributed by atoms with E-state index in [0.29, 0.717) is 36.5 Å². The first-order chi connectivity index (χ1) is 23.9. The molecule has 2 spiro atoms. The Bertz CT molecular complexity index is 1360. The minimum absolute atomic E-state index is 0.124. The van der Waals surface area contributed by atoms with Gasteiger partial charge in [0.25, 0.3) is 0 Å². The van der Waals surface area contributed by atoms with Crippen LogP contribution in [0.2, 0.25) is 0 Å². The molecule has 278 valence electrons. The largest absolute Gasteiger partial charge is 0.392 e. The molecule has 8 saturated heterocycles. The van der Waals surface area contributed by atoms with Crippen LogP contribution in [0.15, 0.2) is 12.1 Å². The van der Waals surface area contributed by atoms with Gasteiger partial charge in [-0.15, -0.1) is 0 Å². The third-order valence-corrected chi connectivity index (χ3v) is 15.3. The third-order valence-electron chi connectivity index (χ3n) is 15.3. The molecule has 8 aliphatic heterocycles. The lowest BCUT2D eigenvalue weighted by molar-refractivity contribution is -0.571. The highest BCUT2D eigenvalue weighted by atomic mass is 17.3. The lowest BCUT2D eigenvalue weighted by atomic mass is 9.57. The number of hydrogen-bond donors (Lipinski definition) is 2. The van der Waals surface area contributed by atoms with Gasteiger partial charge in [-0.05, 0) is 123 Å². The van der Waals surface area contributed by atoms with Crippen LogP contribution in [0.4, 0.5) is 0 Å². The highest BCUT2D eigenvalue weighted by molar-refractivity contribution is 5.39. The van der Waals surface area contributed by atoms with Crippen LogP contribution in [0.1, 0.15) is 115 Å². The van der Waals surface area contributed by atoms with Crippen LogP contribution < -0.4 is 0 Å². The van der Waals surface area contributed by atoms with E-state index >= 15 is 0 Å². The zero-order valence-corrected chi connectivity index (χ0v) is 30.7. The van der Waals surface area contributed by atoms with Crippen molar-refractivity contribution in [1.29, 1.82) is 0 Å². The molecule has 0 amide bonds. The second-order valence-corrected chi connectivity index (χ2v) is 18.0. The average Bonchev–Trinajstić information content (AvgIpc) is 3.47. The van der Waals surface area contributed by atoms with E-state index in [4.69, 9.17) is 38.5 Å². The molecule has 50 heavy (non-hydrogen) atoms. The van der Waals surface area contributed by atoms with Gasteiger partial charge in [-0.1, -0.05) is 39.8 Å². The lowest BCUT2D eigenvalue weighted by Crippen LogP contribution is -2.70. The summed E-state index contributed by atoms with van der Waals surface area (Å²) >= 11 is 0. The fraction of sp³-hybridized carbons (Fsp3) is 0.850. The number of rotatable bonds is 6. The molecule has 0 aromatic heterocycles. The molecule has 8 heterocycles. The summed E-state index contributed by atoms with van der Waals surface area (Å²) in [6, 6.07) is 4.17. The van der Waals surface area contributed by atoms with Crippen molar-refractivity contribution in [3.8, 4) is 0 Å². The molecule has 16 atom stereocenters. The number of benzene rings is 1. The predicted octanol–water partition coefficient (Wildman–Crippen LogP) is 6.26. The van der Waals surface area contributed by atoms with Gasteiger partial charge in [0.15, 0.2) is 23.8 Å². The SMILES string of the molecule is C[C@H]1[C@@H](Cc2cc(CO)c(CO)cc2C[C@H]2O[C@@H]3OC4(C)CC[C@H]5[C@H](C)CC[C@@H]([C@H]2C)[C@@]35OO4)O[C@@H]2OC3(C)CC[C@H]4[C@H](C)CC[C@@H]1[C@@]24OO3. The van der Waals surface area contributed by atoms with E-state index < -0.39 is 35.4 Å². The molecule has 0 radical (unpaired) electrons. The number of hydrogen-bond acceptors (Lipinski definition) is 10. The average molecular weight is 699 g/mol. The van der Waals surface area contributed by atoms with Gasteiger partial charge in [-0.3, -0.25) is 0 Å². The van der Waals surface area contributed by atoms with Crippen molar-refractivity contribution in [3.05, 3.63) is 34.4 Å². The van der Waals surface area contributed by atoms with E-state index in [0.717, 1.165) is 73.6 Å². The van der Waals surface area contributed by atoms with Crippen molar-refractivity contribution in [2.75, 3.05) is 0 Å². The molecule has 11 rings (SSSR count). The third kappa shape index (κ3) is 4.96. The molecule has 1 aromatic rings. The molecule has 10 fully saturated rings. The maximum atomic E-state index is 10.4. The zero-order chi connectivity index (χ0) is 34.8. The normalized spacial score (nSPS) is 52.2. The standard InChI is InChI=1S/C40H58O10/c1-21-7-9-31-23(3)33(43-35-39(31)29(21)11-13-37(5,45-35)47-49-39)17-25-15-27(19-41)28(20-42)16-26(25)18-34-24(4)32-10-8-22(2)30-12-14-38(6)46-36(44-34)40(30,32)50-48-38/h15-16,21-24,29-36,41-42H,7-14,17-20H2,1-6H3/t21-,22-,23-,24-,29+,30+,31+,32+,33-,34-,35-,36-,37?,38?,39-,40-/m1/s1. The van der Waals surface area contributed by atoms with Gasteiger partial charge < -0.3 is 29.2 Å². The topological polar surface area (TPSA) is 114 Å². The summed E-state index contributed by atoms with van der Waals surface area (Å²) in [5.74, 6) is 0.838. The Hall–Kier alpha value is -1.18. The number of aliphatic hydroxyl groups excluding tert-OH is 2. The number of ether oxygens (including phenoxy) is 4. The summed E-state index contributed by atoms with van der Waals surface area (Å²) in [6.07, 6.45) is 8.00. The van der Waals surface area contributed by atoms with Gasteiger partial charge in [0.2, 0.25) is 11.6 Å². The highest BCUT2D eigenvalue weighted by Crippen LogP contribution is 2.62. The van der Waals surface area contributed by atoms with Crippen LogP contribution in [-0.2, 0) is 64.6 Å². The molecule has 10 heteroatoms. The molecule has 1 aromatic carbocycles. The fourth-order valence-electron chi connectivity index (χ4n) is 12.3. The minimum Gasteiger partial charge on any atom is -0.392 e. The Morgan fingerprint density at radius 1 is 0.560 bits per heavy atom. The van der Waals surface area contributed by atoms with Crippen molar-refractivity contribution in [3.63, 3.8) is 0 Å². The smallest absolute Gasteiger partial charge is 0.201 e. The fourth-order valence-corrected chi connectivity index (χ4v) is 12.3. The van der Waals surface area contributed by atoms with Crippen LogP contribution in [-0.4, -0.2) is 57.8 Å². The van der Waals surface area contributed by atoms with Crippen molar-refractivity contribution in [2.45, 2.75) is 167 Å². The minimum atomic E-state index is -0.826. The molecule has 2 N–H and O–H groups in total. The van der Waals surface area contributed by atoms with Gasteiger partial charge in [-0.2, -0.15) is 0 Å². The lowest BCUT2D eigenvalue weighted by Gasteiger charge is -2.60. The summed E-state index contributed by atoms with van der Waals surface area (Å²) in [6.45, 7) is 12.9. The Balaban J connectivity index is 1.04. The van der Waals surface area contributed by atoms with Crippen molar-refractivity contribution in [2.24, 2.45) is 47.3 Å². The summed E-state index contributed by atoms with van der Waals surface area (Å²) in [7, 11) is 0. The maximum absolute atomic E-state index is 10.4. The molecule has 10 aliphatic rings. The van der Waals surface area contributed by atoms with Gasteiger partial charge in [0.1, 0.15) is 0 Å². The van der Waals surface area contributed by atoms with Crippen molar-refractivity contribution >= 4 is 0 Å². The zero-order valence-electron chi connectivity index (χ0n) is 30.7. The Labute approximate surface area is 296 Å². The summed E-state index contributed by atoms with van der Waals surface area (Å²) in [4.78, 5) is 25.0. The molecule has 2 saturated carbocycles. The monoisotopic (exact) mass is 698 g/mol. The Morgan fingerprint density at radius 3 is 1.38 bits per heavy atom. The first kappa shape index (κ1) is 34.6. The van der Waals surface area contributed by atoms with Crippen molar-refractivity contribution < 1.29 is 48.7 Å². The van der Waals surface area contributed by atoms with Crippen molar-refractivity contribution in [1.82, 2.24) is 0 Å². The quantitative estimate of drug-likeness (QED) is 0.330. The van der Waals surface area contributed by atoms with Gasteiger partial charge >= 0.3 is 0 Å². The van der Waals surface area contributed by atoms with Gasteiger partial charge in [-0.25, -0.2) is 19.6 Å². The van der Waals surface area contributed by atoms with Gasteiger partial charge in [0, 0.05) is 24.7 Å². The van der Waals surface area contributed by atoms with Crippen LogP contribution >= 0.6 is 0 Å². The van der Waals surface area contributed by atoms with E-state index in [-0.39, 0.29) is 49.1 Å². The first-order valence-electron chi connectivity index (χ1n) is 19.7. The Morgan fingerprint density at radius 2 is 0.980 bits per heavy atom. The van der Waals surface area contributed by atoms with E-state index in [1.807, 2.05) is 13.8 Å². The Kier molecular flexibility index (Phi) is 8.41. The second kappa shape index (κ2) is 12.2. The first-order valence-corrected chi connectivity index (χ1v) is 19.7. The van der Waals surface area contributed by atoms with Gasteiger partial charge in [0.05, 0.1) is 25.4 Å². The molecule has 2 aliphatic carbocycles. The highest BCUT2D eigenvalue weighted by Gasteiger charge is 2.71. The van der Waals surface area contributed by atoms with Crippen LogP contribution in [0.25, 0.3) is 0 Å². The number of aliphatic hydroxyl groups is 2. The van der Waals surface area contributed by atoms with E-state index in [2.05, 4.69) is 39.8 Å². The molecular formula is C40H58O10. The summed E-state index contributed by atoms with van der Waals surface area (Å²) in [5, 5.41) is 20.8. The molecule has 4 bridgehead atoms. The summed E-state index contributed by atoms with van der Waals surface area (Å²) in [5.41, 5.74) is 2.50. The van der Waals surface area contributed by atoms with E-state index in [9.17, 15) is 10.2 Å². The van der Waals surface area contributed by atoms with Crippen LogP contribution in [0.5, 0.6) is 0 Å². The molecule has 2 unspecified atom stereocenters. The number of fused-ring (bicyclic) bond motifs is 4. The second-order valence-electron chi connectivity index (χ2n) is 18.0. The van der Waals surface area contributed by atoms with E-state index in [1.54, 1.807) is 0 Å². The van der Waals surface area contributed by atoms with Crippen LogP contribution in [0.3, 0.4) is 0 Å². The summed E-state index contributed by atoms with van der Waals surface area (Å²) < 4.78 is 27.4. The maximum Gasteiger partial charge on any atom is 0.201 e.